The molecule has 96 valence electrons. The van der Waals surface area contributed by atoms with Crippen LogP contribution in [0.2, 0.25) is 0 Å². The van der Waals surface area contributed by atoms with Crippen LogP contribution in [0.4, 0.5) is 0 Å². The third kappa shape index (κ3) is 2.63. The molecule has 0 radical (unpaired) electrons. The van der Waals surface area contributed by atoms with Gasteiger partial charge in [0.1, 0.15) is 0 Å². The first-order valence-corrected chi connectivity index (χ1v) is 6.66. The van der Waals surface area contributed by atoms with Gasteiger partial charge in [-0.05, 0) is 32.9 Å². The van der Waals surface area contributed by atoms with Gasteiger partial charge in [-0.25, -0.2) is 0 Å². The summed E-state index contributed by atoms with van der Waals surface area (Å²) in [6.45, 7) is 0.868. The summed E-state index contributed by atoms with van der Waals surface area (Å²) in [5.41, 5.74) is 2.35. The highest BCUT2D eigenvalue weighted by Crippen LogP contribution is 2.32. The van der Waals surface area contributed by atoms with Crippen molar-refractivity contribution in [2.24, 2.45) is 7.05 Å². The molecular weight excluding hydrogens is 214 g/mol. The molecule has 0 saturated heterocycles. The Morgan fingerprint density at radius 3 is 2.71 bits per heavy atom. The number of aromatic nitrogens is 2. The Balaban J connectivity index is 2.24. The lowest BCUT2D eigenvalue weighted by atomic mass is 9.85. The second-order valence-electron chi connectivity index (χ2n) is 5.06. The number of nitrogens with zero attached hydrogens (tertiary/aromatic N) is 1. The standard InChI is InChI=1S/C13H23N3O/c1-14-9-8-11-12(15-16(2)13(11)17)10-6-4-3-5-7-10/h10,14-15H,3-9H2,1-2H3. The van der Waals surface area contributed by atoms with Crippen LogP contribution in [0, 0.1) is 0 Å². The van der Waals surface area contributed by atoms with E-state index in [0.717, 1.165) is 18.5 Å². The smallest absolute Gasteiger partial charge is 0.269 e. The minimum Gasteiger partial charge on any atom is -0.319 e. The molecular formula is C13H23N3O. The normalized spacial score (nSPS) is 17.5. The molecule has 0 amide bonds. The minimum absolute atomic E-state index is 0.154. The molecule has 1 fully saturated rings. The molecule has 1 saturated carbocycles. The Labute approximate surface area is 102 Å². The molecule has 2 N–H and O–H groups in total. The number of aromatic amines is 1. The van der Waals surface area contributed by atoms with Gasteiger partial charge >= 0.3 is 0 Å². The number of nitrogens with one attached hydrogen (secondary N) is 2. The third-order valence-electron chi connectivity index (χ3n) is 3.81. The molecule has 0 bridgehead atoms. The van der Waals surface area contributed by atoms with Crippen LogP contribution in [-0.2, 0) is 13.5 Å². The summed E-state index contributed by atoms with van der Waals surface area (Å²) in [5.74, 6) is 0.574. The zero-order valence-electron chi connectivity index (χ0n) is 10.9. The van der Waals surface area contributed by atoms with E-state index in [1.54, 1.807) is 4.68 Å². The molecule has 17 heavy (non-hydrogen) atoms. The molecule has 0 unspecified atom stereocenters. The minimum atomic E-state index is 0.154. The maximum atomic E-state index is 12.0. The second kappa shape index (κ2) is 5.54. The monoisotopic (exact) mass is 237 g/mol. The SMILES string of the molecule is CNCCc1c(C2CCCCC2)[nH]n(C)c1=O. The van der Waals surface area contributed by atoms with E-state index in [0.29, 0.717) is 5.92 Å². The van der Waals surface area contributed by atoms with Gasteiger partial charge in [-0.1, -0.05) is 19.3 Å². The molecule has 2 rings (SSSR count). The fraction of sp³-hybridized carbons (Fsp3) is 0.769. The van der Waals surface area contributed by atoms with Crippen LogP contribution in [0.25, 0.3) is 0 Å². The van der Waals surface area contributed by atoms with Gasteiger partial charge in [-0.15, -0.1) is 0 Å². The van der Waals surface area contributed by atoms with Gasteiger partial charge in [0.15, 0.2) is 0 Å². The predicted molar refractivity (Wildman–Crippen MR) is 69.5 cm³/mol. The number of hydrogen-bond donors (Lipinski definition) is 2. The fourth-order valence-corrected chi connectivity index (χ4v) is 2.84. The van der Waals surface area contributed by atoms with Gasteiger partial charge in [0.2, 0.25) is 0 Å². The number of rotatable bonds is 4. The van der Waals surface area contributed by atoms with Crippen LogP contribution < -0.4 is 10.9 Å². The van der Waals surface area contributed by atoms with E-state index in [4.69, 9.17) is 0 Å². The van der Waals surface area contributed by atoms with Crippen LogP contribution in [-0.4, -0.2) is 23.4 Å². The number of likely N-dealkylation sites (N-methyl/N-ethyl adjacent to an activating group) is 1. The number of aryl methyl sites for hydroxylation is 1. The molecule has 1 aromatic heterocycles. The van der Waals surface area contributed by atoms with E-state index in [1.807, 2.05) is 14.1 Å². The van der Waals surface area contributed by atoms with Crippen molar-refractivity contribution >= 4 is 0 Å². The molecule has 1 aliphatic rings. The first-order valence-electron chi connectivity index (χ1n) is 6.66. The summed E-state index contributed by atoms with van der Waals surface area (Å²) < 4.78 is 1.63. The van der Waals surface area contributed by atoms with E-state index >= 15 is 0 Å². The van der Waals surface area contributed by atoms with Crippen LogP contribution in [0.15, 0.2) is 4.79 Å². The van der Waals surface area contributed by atoms with E-state index in [-0.39, 0.29) is 5.56 Å². The molecule has 1 aromatic rings. The van der Waals surface area contributed by atoms with Crippen molar-refractivity contribution in [3.8, 4) is 0 Å². The van der Waals surface area contributed by atoms with Crippen LogP contribution in [0.5, 0.6) is 0 Å². The maximum absolute atomic E-state index is 12.0. The number of H-pyrrole nitrogens is 1. The fourth-order valence-electron chi connectivity index (χ4n) is 2.84. The summed E-state index contributed by atoms with van der Waals surface area (Å²) in [6.07, 6.45) is 7.23. The Bertz CT molecular complexity index is 413. The van der Waals surface area contributed by atoms with Crippen molar-refractivity contribution in [2.75, 3.05) is 13.6 Å². The van der Waals surface area contributed by atoms with Gasteiger partial charge < -0.3 is 5.32 Å². The predicted octanol–water partition coefficient (Wildman–Crippen LogP) is 1.52. The first kappa shape index (κ1) is 12.4. The topological polar surface area (TPSA) is 49.8 Å². The highest BCUT2D eigenvalue weighted by Gasteiger charge is 2.22. The van der Waals surface area contributed by atoms with Gasteiger partial charge in [-0.3, -0.25) is 14.6 Å². The van der Waals surface area contributed by atoms with E-state index in [1.165, 1.54) is 37.8 Å². The van der Waals surface area contributed by atoms with Crippen molar-refractivity contribution in [3.05, 3.63) is 21.6 Å². The average molecular weight is 237 g/mol. The molecule has 4 heteroatoms. The van der Waals surface area contributed by atoms with E-state index in [2.05, 4.69) is 10.4 Å². The van der Waals surface area contributed by atoms with Gasteiger partial charge in [0.25, 0.3) is 5.56 Å². The molecule has 1 heterocycles. The van der Waals surface area contributed by atoms with Crippen molar-refractivity contribution < 1.29 is 0 Å². The van der Waals surface area contributed by atoms with Crippen LogP contribution in [0.3, 0.4) is 0 Å². The molecule has 4 nitrogen and oxygen atoms in total. The zero-order valence-corrected chi connectivity index (χ0v) is 10.9. The van der Waals surface area contributed by atoms with Crippen LogP contribution in [0.1, 0.15) is 49.3 Å². The van der Waals surface area contributed by atoms with Gasteiger partial charge in [0, 0.05) is 24.2 Å². The molecule has 0 aromatic carbocycles. The lowest BCUT2D eigenvalue weighted by Gasteiger charge is -2.21. The van der Waals surface area contributed by atoms with Crippen molar-refractivity contribution in [3.63, 3.8) is 0 Å². The van der Waals surface area contributed by atoms with Crippen LogP contribution >= 0.6 is 0 Å². The molecule has 0 aliphatic heterocycles. The lowest BCUT2D eigenvalue weighted by molar-refractivity contribution is 0.431. The maximum Gasteiger partial charge on any atom is 0.269 e. The summed E-state index contributed by atoms with van der Waals surface area (Å²) in [6, 6.07) is 0. The quantitative estimate of drug-likeness (QED) is 0.834. The summed E-state index contributed by atoms with van der Waals surface area (Å²) in [7, 11) is 3.74. The van der Waals surface area contributed by atoms with Gasteiger partial charge in [-0.2, -0.15) is 0 Å². The molecule has 0 spiro atoms. The van der Waals surface area contributed by atoms with E-state index in [9.17, 15) is 4.79 Å². The van der Waals surface area contributed by atoms with Crippen molar-refractivity contribution in [1.82, 2.24) is 15.1 Å². The molecule has 0 atom stereocenters. The highest BCUT2D eigenvalue weighted by atomic mass is 16.1. The summed E-state index contributed by atoms with van der Waals surface area (Å²) in [5, 5.41) is 6.39. The Morgan fingerprint density at radius 1 is 1.35 bits per heavy atom. The van der Waals surface area contributed by atoms with Gasteiger partial charge in [0.05, 0.1) is 0 Å². The Hall–Kier alpha value is -1.03. The van der Waals surface area contributed by atoms with E-state index < -0.39 is 0 Å². The Kier molecular flexibility index (Phi) is 4.05. The lowest BCUT2D eigenvalue weighted by Crippen LogP contribution is -2.20. The average Bonchev–Trinajstić information content (AvgIpc) is 2.65. The third-order valence-corrected chi connectivity index (χ3v) is 3.81. The largest absolute Gasteiger partial charge is 0.319 e. The summed E-state index contributed by atoms with van der Waals surface area (Å²) in [4.78, 5) is 12.0. The summed E-state index contributed by atoms with van der Waals surface area (Å²) >= 11 is 0. The Morgan fingerprint density at radius 2 is 2.06 bits per heavy atom. The second-order valence-corrected chi connectivity index (χ2v) is 5.06. The molecule has 1 aliphatic carbocycles. The zero-order chi connectivity index (χ0) is 12.3. The van der Waals surface area contributed by atoms with Crippen molar-refractivity contribution in [2.45, 2.75) is 44.4 Å². The number of hydrogen-bond acceptors (Lipinski definition) is 2. The van der Waals surface area contributed by atoms with Crippen molar-refractivity contribution in [1.29, 1.82) is 0 Å². The first-order chi connectivity index (χ1) is 8.24. The highest BCUT2D eigenvalue weighted by molar-refractivity contribution is 5.22.